The summed E-state index contributed by atoms with van der Waals surface area (Å²) < 4.78 is 15.3. The molecular formula is C19H21FN4O. The minimum Gasteiger partial charge on any atom is -0.351 e. The van der Waals surface area contributed by atoms with Crippen molar-refractivity contribution in [1.29, 1.82) is 0 Å². The number of amides is 1. The third-order valence-electron chi connectivity index (χ3n) is 4.86. The molecule has 25 heavy (non-hydrogen) atoms. The number of aromatic nitrogens is 3. The molecule has 3 heterocycles. The highest BCUT2D eigenvalue weighted by Gasteiger charge is 2.28. The van der Waals surface area contributed by atoms with Gasteiger partial charge in [0.15, 0.2) is 0 Å². The lowest BCUT2D eigenvalue weighted by atomic mass is 10.0. The molecule has 6 heteroatoms. The Hall–Kier alpha value is -2.63. The molecule has 130 valence electrons. The zero-order chi connectivity index (χ0) is 17.4. The van der Waals surface area contributed by atoms with E-state index in [0.29, 0.717) is 12.2 Å². The van der Waals surface area contributed by atoms with Crippen LogP contribution in [0.25, 0.3) is 10.9 Å². The minimum atomic E-state index is -0.296. The van der Waals surface area contributed by atoms with Crippen molar-refractivity contribution in [3.05, 3.63) is 53.7 Å². The maximum absolute atomic E-state index is 13.4. The Morgan fingerprint density at radius 3 is 3.04 bits per heavy atom. The van der Waals surface area contributed by atoms with E-state index in [1.165, 1.54) is 12.1 Å². The maximum atomic E-state index is 13.4. The van der Waals surface area contributed by atoms with Crippen molar-refractivity contribution in [2.24, 2.45) is 0 Å². The van der Waals surface area contributed by atoms with Gasteiger partial charge in [0.1, 0.15) is 11.5 Å². The van der Waals surface area contributed by atoms with Crippen LogP contribution in [0, 0.1) is 12.7 Å². The molecule has 1 atom stereocenters. The van der Waals surface area contributed by atoms with E-state index >= 15 is 0 Å². The van der Waals surface area contributed by atoms with Gasteiger partial charge in [-0.2, -0.15) is 5.10 Å². The summed E-state index contributed by atoms with van der Waals surface area (Å²) in [4.78, 5) is 18.1. The molecule has 5 nitrogen and oxygen atoms in total. The lowest BCUT2D eigenvalue weighted by molar-refractivity contribution is 0.0579. The first kappa shape index (κ1) is 15.9. The Labute approximate surface area is 145 Å². The number of nitrogens with zero attached hydrogens (tertiary/aromatic N) is 3. The summed E-state index contributed by atoms with van der Waals surface area (Å²) >= 11 is 0. The maximum Gasteiger partial charge on any atom is 0.270 e. The van der Waals surface area contributed by atoms with Crippen molar-refractivity contribution in [2.45, 2.75) is 38.8 Å². The smallest absolute Gasteiger partial charge is 0.270 e. The van der Waals surface area contributed by atoms with Crippen LogP contribution in [0.3, 0.4) is 0 Å². The summed E-state index contributed by atoms with van der Waals surface area (Å²) in [5.41, 5.74) is 2.41. The van der Waals surface area contributed by atoms with Gasteiger partial charge in [0, 0.05) is 23.6 Å². The fraction of sp³-hybridized carbons (Fsp3) is 0.368. The normalized spacial score (nSPS) is 18.0. The third-order valence-corrected chi connectivity index (χ3v) is 4.86. The Morgan fingerprint density at radius 2 is 2.24 bits per heavy atom. The average molecular weight is 340 g/mol. The van der Waals surface area contributed by atoms with E-state index in [1.54, 1.807) is 12.1 Å². The number of likely N-dealkylation sites (tertiary alicyclic amines) is 1. The number of hydrogen-bond donors (Lipinski definition) is 1. The van der Waals surface area contributed by atoms with Gasteiger partial charge in [0.2, 0.25) is 0 Å². The van der Waals surface area contributed by atoms with Crippen molar-refractivity contribution in [3.8, 4) is 0 Å². The number of aryl methyl sites for hydroxylation is 1. The third kappa shape index (κ3) is 3.16. The molecule has 1 amide bonds. The van der Waals surface area contributed by atoms with Crippen LogP contribution < -0.4 is 0 Å². The number of carbonyl (C=O) groups is 1. The van der Waals surface area contributed by atoms with Gasteiger partial charge in [-0.05, 0) is 56.0 Å². The van der Waals surface area contributed by atoms with E-state index in [9.17, 15) is 9.18 Å². The molecule has 4 rings (SSSR count). The fourth-order valence-corrected chi connectivity index (χ4v) is 3.61. The Morgan fingerprint density at radius 1 is 1.36 bits per heavy atom. The first-order valence-corrected chi connectivity index (χ1v) is 8.68. The summed E-state index contributed by atoms with van der Waals surface area (Å²) in [7, 11) is 0. The largest absolute Gasteiger partial charge is 0.351 e. The summed E-state index contributed by atoms with van der Waals surface area (Å²) in [6.07, 6.45) is 6.94. The quantitative estimate of drug-likeness (QED) is 0.793. The van der Waals surface area contributed by atoms with Crippen LogP contribution in [-0.4, -0.2) is 38.2 Å². The van der Waals surface area contributed by atoms with E-state index in [1.807, 2.05) is 28.9 Å². The number of piperidine rings is 1. The predicted molar refractivity (Wildman–Crippen MR) is 93.9 cm³/mol. The highest BCUT2D eigenvalue weighted by atomic mass is 19.1. The number of hydrogen-bond acceptors (Lipinski definition) is 2. The molecule has 0 saturated carbocycles. The van der Waals surface area contributed by atoms with Crippen LogP contribution in [-0.2, 0) is 6.54 Å². The van der Waals surface area contributed by atoms with Gasteiger partial charge < -0.3 is 9.88 Å². The van der Waals surface area contributed by atoms with Gasteiger partial charge in [0.25, 0.3) is 5.91 Å². The standard InChI is InChI=1S/C19H21FN4O/c1-13-10-21-23(11-13)12-16-4-2-3-7-24(16)19(25)18-9-14-8-15(20)5-6-17(14)22-18/h5-6,8-11,16,22H,2-4,7,12H2,1H3. The number of aromatic amines is 1. The molecule has 0 bridgehead atoms. The summed E-state index contributed by atoms with van der Waals surface area (Å²) in [6.45, 7) is 3.46. The van der Waals surface area contributed by atoms with Crippen LogP contribution in [0.4, 0.5) is 4.39 Å². The minimum absolute atomic E-state index is 0.0230. The van der Waals surface area contributed by atoms with Gasteiger partial charge in [-0.15, -0.1) is 0 Å². The second-order valence-corrected chi connectivity index (χ2v) is 6.80. The van der Waals surface area contributed by atoms with E-state index < -0.39 is 0 Å². The Balaban J connectivity index is 1.59. The Kier molecular flexibility index (Phi) is 4.03. The summed E-state index contributed by atoms with van der Waals surface area (Å²) in [6, 6.07) is 6.38. The van der Waals surface area contributed by atoms with Crippen LogP contribution >= 0.6 is 0 Å². The average Bonchev–Trinajstić information content (AvgIpc) is 3.20. The number of H-pyrrole nitrogens is 1. The molecule has 1 aliphatic heterocycles. The van der Waals surface area contributed by atoms with E-state index in [0.717, 1.165) is 42.3 Å². The Bertz CT molecular complexity index is 913. The number of fused-ring (bicyclic) bond motifs is 1. The zero-order valence-corrected chi connectivity index (χ0v) is 14.2. The molecule has 0 aliphatic carbocycles. The van der Waals surface area contributed by atoms with Gasteiger partial charge in [-0.25, -0.2) is 4.39 Å². The van der Waals surface area contributed by atoms with Crippen LogP contribution in [0.5, 0.6) is 0 Å². The first-order valence-electron chi connectivity index (χ1n) is 8.68. The predicted octanol–water partition coefficient (Wildman–Crippen LogP) is 3.51. The molecule has 1 fully saturated rings. The summed E-state index contributed by atoms with van der Waals surface area (Å²) in [5.74, 6) is -0.319. The molecule has 0 spiro atoms. The molecule has 1 N–H and O–H groups in total. The molecule has 1 saturated heterocycles. The topological polar surface area (TPSA) is 53.9 Å². The van der Waals surface area contributed by atoms with Crippen LogP contribution in [0.15, 0.2) is 36.7 Å². The number of nitrogens with one attached hydrogen (secondary N) is 1. The van der Waals surface area contributed by atoms with Crippen molar-refractivity contribution in [1.82, 2.24) is 19.7 Å². The number of carbonyl (C=O) groups excluding carboxylic acids is 1. The lowest BCUT2D eigenvalue weighted by Gasteiger charge is -2.35. The van der Waals surface area contributed by atoms with Crippen LogP contribution in [0.2, 0.25) is 0 Å². The highest BCUT2D eigenvalue weighted by Crippen LogP contribution is 2.23. The van der Waals surface area contributed by atoms with Gasteiger partial charge >= 0.3 is 0 Å². The number of rotatable bonds is 3. The number of benzene rings is 1. The fourth-order valence-electron chi connectivity index (χ4n) is 3.61. The van der Waals surface area contributed by atoms with Gasteiger partial charge in [-0.3, -0.25) is 9.48 Å². The van der Waals surface area contributed by atoms with E-state index in [2.05, 4.69) is 10.1 Å². The monoisotopic (exact) mass is 340 g/mol. The van der Waals surface area contributed by atoms with Gasteiger partial charge in [0.05, 0.1) is 18.8 Å². The zero-order valence-electron chi connectivity index (χ0n) is 14.2. The first-order chi connectivity index (χ1) is 12.1. The molecular weight excluding hydrogens is 319 g/mol. The molecule has 1 unspecified atom stereocenters. The molecule has 2 aromatic heterocycles. The van der Waals surface area contributed by atoms with E-state index in [-0.39, 0.29) is 17.8 Å². The van der Waals surface area contributed by atoms with Gasteiger partial charge in [-0.1, -0.05) is 0 Å². The highest BCUT2D eigenvalue weighted by molar-refractivity contribution is 5.98. The molecule has 0 radical (unpaired) electrons. The van der Waals surface area contributed by atoms with Crippen molar-refractivity contribution in [2.75, 3.05) is 6.54 Å². The second-order valence-electron chi connectivity index (χ2n) is 6.80. The lowest BCUT2D eigenvalue weighted by Crippen LogP contribution is -2.46. The van der Waals surface area contributed by atoms with Crippen molar-refractivity contribution < 1.29 is 9.18 Å². The SMILES string of the molecule is Cc1cnn(CC2CCCCN2C(=O)c2cc3cc(F)ccc3[nH]2)c1. The molecule has 1 aromatic carbocycles. The summed E-state index contributed by atoms with van der Waals surface area (Å²) in [5, 5.41) is 5.07. The van der Waals surface area contributed by atoms with Crippen molar-refractivity contribution >= 4 is 16.8 Å². The second kappa shape index (κ2) is 6.35. The van der Waals surface area contributed by atoms with Crippen LogP contribution in [0.1, 0.15) is 35.3 Å². The van der Waals surface area contributed by atoms with Crippen molar-refractivity contribution in [3.63, 3.8) is 0 Å². The molecule has 1 aliphatic rings. The number of halogens is 1. The molecule has 3 aromatic rings. The van der Waals surface area contributed by atoms with E-state index in [4.69, 9.17) is 0 Å².